The second-order valence-electron chi connectivity index (χ2n) is 5.25. The van der Waals surface area contributed by atoms with Crippen LogP contribution in [0, 0.1) is 17.6 Å². The molecule has 0 unspecified atom stereocenters. The third-order valence-corrected chi connectivity index (χ3v) is 3.10. The summed E-state index contributed by atoms with van der Waals surface area (Å²) in [4.78, 5) is 11.6. The molecule has 0 radical (unpaired) electrons. The number of hydrogen-bond acceptors (Lipinski definition) is 1. The molecule has 18 heavy (non-hydrogen) atoms. The van der Waals surface area contributed by atoms with Crippen LogP contribution in [0.1, 0.15) is 38.2 Å². The standard InChI is InChI=1S/C14H17F2NO/c1-8(2)6-13(18)17-12-7-9(12)14-10(15)4-3-5-11(14)16/h3-5,8-9,12H,6-7H2,1-2H3,(H,17,18)/t9-,12-/m1/s1. The van der Waals surface area contributed by atoms with Gasteiger partial charge < -0.3 is 5.32 Å². The van der Waals surface area contributed by atoms with Gasteiger partial charge in [-0.25, -0.2) is 8.78 Å². The van der Waals surface area contributed by atoms with Crippen LogP contribution in [-0.2, 0) is 4.79 Å². The second kappa shape index (κ2) is 5.04. The molecule has 1 fully saturated rings. The molecule has 0 aliphatic heterocycles. The number of benzene rings is 1. The molecule has 1 amide bonds. The summed E-state index contributed by atoms with van der Waals surface area (Å²) in [6, 6.07) is 3.73. The van der Waals surface area contributed by atoms with Gasteiger partial charge in [-0.2, -0.15) is 0 Å². The maximum atomic E-state index is 13.5. The quantitative estimate of drug-likeness (QED) is 0.878. The van der Waals surface area contributed by atoms with Gasteiger partial charge in [-0.15, -0.1) is 0 Å². The molecule has 1 aromatic rings. The number of halogens is 2. The number of nitrogens with one attached hydrogen (secondary N) is 1. The van der Waals surface area contributed by atoms with Gasteiger partial charge in [0.1, 0.15) is 11.6 Å². The third kappa shape index (κ3) is 2.86. The van der Waals surface area contributed by atoms with Crippen LogP contribution in [0.5, 0.6) is 0 Å². The molecule has 1 aromatic carbocycles. The Labute approximate surface area is 105 Å². The van der Waals surface area contributed by atoms with E-state index in [2.05, 4.69) is 5.32 Å². The molecule has 0 spiro atoms. The van der Waals surface area contributed by atoms with E-state index in [-0.39, 0.29) is 29.3 Å². The van der Waals surface area contributed by atoms with E-state index in [9.17, 15) is 13.6 Å². The molecule has 0 heterocycles. The van der Waals surface area contributed by atoms with Gasteiger partial charge in [0, 0.05) is 23.9 Å². The van der Waals surface area contributed by atoms with Crippen LogP contribution >= 0.6 is 0 Å². The molecule has 4 heteroatoms. The summed E-state index contributed by atoms with van der Waals surface area (Å²) >= 11 is 0. The summed E-state index contributed by atoms with van der Waals surface area (Å²) in [6.45, 7) is 3.92. The largest absolute Gasteiger partial charge is 0.353 e. The molecule has 1 N–H and O–H groups in total. The molecular weight excluding hydrogens is 236 g/mol. The highest BCUT2D eigenvalue weighted by molar-refractivity contribution is 5.77. The van der Waals surface area contributed by atoms with Crippen molar-refractivity contribution in [1.82, 2.24) is 5.32 Å². The normalized spacial score (nSPS) is 22.1. The minimum absolute atomic E-state index is 0.0470. The Hall–Kier alpha value is -1.45. The van der Waals surface area contributed by atoms with Gasteiger partial charge in [0.25, 0.3) is 0 Å². The number of amides is 1. The third-order valence-electron chi connectivity index (χ3n) is 3.10. The number of carbonyl (C=O) groups is 1. The van der Waals surface area contributed by atoms with Gasteiger partial charge in [0.05, 0.1) is 0 Å². The van der Waals surface area contributed by atoms with Crippen molar-refractivity contribution in [2.24, 2.45) is 5.92 Å². The van der Waals surface area contributed by atoms with Gasteiger partial charge >= 0.3 is 0 Å². The number of hydrogen-bond donors (Lipinski definition) is 1. The Kier molecular flexibility index (Phi) is 3.64. The maximum Gasteiger partial charge on any atom is 0.220 e. The minimum atomic E-state index is -0.527. The molecule has 2 nitrogen and oxygen atoms in total. The monoisotopic (exact) mass is 253 g/mol. The summed E-state index contributed by atoms with van der Waals surface area (Å²) in [6.07, 6.45) is 1.06. The number of rotatable bonds is 4. The topological polar surface area (TPSA) is 29.1 Å². The van der Waals surface area contributed by atoms with Gasteiger partial charge in [-0.1, -0.05) is 19.9 Å². The highest BCUT2D eigenvalue weighted by atomic mass is 19.1. The van der Waals surface area contributed by atoms with E-state index in [0.29, 0.717) is 12.8 Å². The lowest BCUT2D eigenvalue weighted by Gasteiger charge is -2.07. The van der Waals surface area contributed by atoms with Crippen molar-refractivity contribution in [1.29, 1.82) is 0 Å². The summed E-state index contributed by atoms with van der Waals surface area (Å²) in [5.74, 6) is -1.04. The maximum absolute atomic E-state index is 13.5. The van der Waals surface area contributed by atoms with Gasteiger partial charge in [0.15, 0.2) is 0 Å². The van der Waals surface area contributed by atoms with Crippen molar-refractivity contribution in [3.8, 4) is 0 Å². The minimum Gasteiger partial charge on any atom is -0.353 e. The van der Waals surface area contributed by atoms with Crippen LogP contribution in [0.3, 0.4) is 0 Å². The van der Waals surface area contributed by atoms with Crippen LogP contribution in [0.15, 0.2) is 18.2 Å². The van der Waals surface area contributed by atoms with Crippen molar-refractivity contribution in [2.45, 2.75) is 38.6 Å². The van der Waals surface area contributed by atoms with Crippen LogP contribution in [0.4, 0.5) is 8.78 Å². The van der Waals surface area contributed by atoms with Gasteiger partial charge in [0.2, 0.25) is 5.91 Å². The second-order valence-corrected chi connectivity index (χ2v) is 5.25. The zero-order chi connectivity index (χ0) is 13.3. The Bertz CT molecular complexity index is 439. The first-order valence-electron chi connectivity index (χ1n) is 6.22. The average Bonchev–Trinajstić information content (AvgIpc) is 2.95. The molecule has 2 rings (SSSR count). The van der Waals surface area contributed by atoms with Crippen molar-refractivity contribution in [3.63, 3.8) is 0 Å². The average molecular weight is 253 g/mol. The molecule has 0 bridgehead atoms. The van der Waals surface area contributed by atoms with E-state index in [4.69, 9.17) is 0 Å². The first-order valence-corrected chi connectivity index (χ1v) is 6.22. The molecule has 2 atom stereocenters. The predicted octanol–water partition coefficient (Wildman–Crippen LogP) is 2.98. The van der Waals surface area contributed by atoms with Crippen LogP contribution in [0.25, 0.3) is 0 Å². The Balaban J connectivity index is 1.97. The highest BCUT2D eigenvalue weighted by Crippen LogP contribution is 2.43. The lowest BCUT2D eigenvalue weighted by atomic mass is 10.1. The van der Waals surface area contributed by atoms with Crippen molar-refractivity contribution < 1.29 is 13.6 Å². The van der Waals surface area contributed by atoms with Crippen molar-refractivity contribution in [3.05, 3.63) is 35.4 Å². The van der Waals surface area contributed by atoms with E-state index in [1.165, 1.54) is 18.2 Å². The molecule has 0 saturated heterocycles. The molecule has 98 valence electrons. The SMILES string of the molecule is CC(C)CC(=O)N[C@@H]1C[C@H]1c1c(F)cccc1F. The Morgan fingerprint density at radius 2 is 2.00 bits per heavy atom. The molecule has 1 aliphatic rings. The fourth-order valence-electron chi connectivity index (χ4n) is 2.17. The lowest BCUT2D eigenvalue weighted by Crippen LogP contribution is -2.27. The van der Waals surface area contributed by atoms with E-state index in [1.54, 1.807) is 0 Å². The van der Waals surface area contributed by atoms with Crippen LogP contribution in [0.2, 0.25) is 0 Å². The summed E-state index contributed by atoms with van der Waals surface area (Å²) in [5, 5.41) is 2.82. The zero-order valence-electron chi connectivity index (χ0n) is 10.5. The zero-order valence-corrected chi connectivity index (χ0v) is 10.5. The predicted molar refractivity (Wildman–Crippen MR) is 65.1 cm³/mol. The van der Waals surface area contributed by atoms with E-state index in [0.717, 1.165) is 0 Å². The van der Waals surface area contributed by atoms with E-state index in [1.807, 2.05) is 13.8 Å². The lowest BCUT2D eigenvalue weighted by molar-refractivity contribution is -0.121. The molecule has 1 saturated carbocycles. The van der Waals surface area contributed by atoms with Gasteiger partial charge in [-0.3, -0.25) is 4.79 Å². The summed E-state index contributed by atoms with van der Waals surface area (Å²) < 4.78 is 27.0. The summed E-state index contributed by atoms with van der Waals surface area (Å²) in [5.41, 5.74) is 0.104. The van der Waals surface area contributed by atoms with Crippen molar-refractivity contribution in [2.75, 3.05) is 0 Å². The number of carbonyl (C=O) groups excluding carboxylic acids is 1. The van der Waals surface area contributed by atoms with Gasteiger partial charge in [-0.05, 0) is 24.5 Å². The molecule has 1 aliphatic carbocycles. The molecule has 0 aromatic heterocycles. The Morgan fingerprint density at radius 3 is 2.56 bits per heavy atom. The summed E-state index contributed by atoms with van der Waals surface area (Å²) in [7, 11) is 0. The fraction of sp³-hybridized carbons (Fsp3) is 0.500. The van der Waals surface area contributed by atoms with Crippen LogP contribution < -0.4 is 5.32 Å². The highest BCUT2D eigenvalue weighted by Gasteiger charge is 2.42. The molecular formula is C14H17F2NO. The smallest absolute Gasteiger partial charge is 0.220 e. The fourth-order valence-corrected chi connectivity index (χ4v) is 2.17. The van der Waals surface area contributed by atoms with E-state index < -0.39 is 11.6 Å². The first-order chi connectivity index (χ1) is 8.49. The first kappa shape index (κ1) is 13.0. The van der Waals surface area contributed by atoms with E-state index >= 15 is 0 Å². The van der Waals surface area contributed by atoms with Crippen molar-refractivity contribution >= 4 is 5.91 Å². The Morgan fingerprint density at radius 1 is 1.39 bits per heavy atom. The van der Waals surface area contributed by atoms with Crippen LogP contribution in [-0.4, -0.2) is 11.9 Å².